The van der Waals surface area contributed by atoms with Gasteiger partial charge in [-0.25, -0.2) is 0 Å². The molecule has 1 amide bonds. The lowest BCUT2D eigenvalue weighted by Crippen LogP contribution is -2.38. The number of hydrogen-bond acceptors (Lipinski definition) is 2. The quantitative estimate of drug-likeness (QED) is 0.897. The number of halogens is 2. The summed E-state index contributed by atoms with van der Waals surface area (Å²) < 4.78 is 1.93. The molecule has 3 nitrogen and oxygen atoms in total. The van der Waals surface area contributed by atoms with Crippen LogP contribution >= 0.6 is 31.9 Å². The summed E-state index contributed by atoms with van der Waals surface area (Å²) >= 11 is 6.93. The van der Waals surface area contributed by atoms with Gasteiger partial charge in [-0.15, -0.1) is 0 Å². The number of carbonyl (C=O) groups excluding carboxylic acids is 1. The lowest BCUT2D eigenvalue weighted by atomic mass is 10.2. The average Bonchev–Trinajstić information content (AvgIpc) is 2.65. The summed E-state index contributed by atoms with van der Waals surface area (Å²) in [5.74, 6) is 0.158. The van der Waals surface area contributed by atoms with Crippen LogP contribution in [0.4, 0.5) is 5.69 Å². The minimum atomic E-state index is -0.0362. The second-order valence-electron chi connectivity index (χ2n) is 3.98. The standard InChI is InChI=1S/C12H14Br2N2O/c1-2-15-10-5-6-16(12(10)17)11-7-8(13)3-4-9(11)14/h3-4,7,10,15H,2,5-6H2,1H3. The molecule has 0 spiro atoms. The molecule has 0 aromatic heterocycles. The van der Waals surface area contributed by atoms with Crippen LogP contribution in [0, 0.1) is 0 Å². The van der Waals surface area contributed by atoms with Crippen molar-refractivity contribution in [3.8, 4) is 0 Å². The molecule has 2 rings (SSSR count). The zero-order chi connectivity index (χ0) is 12.4. The first-order chi connectivity index (χ1) is 8.13. The maximum Gasteiger partial charge on any atom is 0.244 e. The van der Waals surface area contributed by atoms with Crippen molar-refractivity contribution in [3.63, 3.8) is 0 Å². The van der Waals surface area contributed by atoms with Crippen LogP contribution < -0.4 is 10.2 Å². The van der Waals surface area contributed by atoms with E-state index in [0.29, 0.717) is 0 Å². The van der Waals surface area contributed by atoms with E-state index in [9.17, 15) is 4.79 Å². The summed E-state index contributed by atoms with van der Waals surface area (Å²) in [6.45, 7) is 3.61. The normalized spacial score (nSPS) is 20.1. The van der Waals surface area contributed by atoms with Crippen molar-refractivity contribution in [1.29, 1.82) is 0 Å². The largest absolute Gasteiger partial charge is 0.310 e. The number of nitrogens with one attached hydrogen (secondary N) is 1. The molecule has 0 bridgehead atoms. The van der Waals surface area contributed by atoms with Crippen LogP contribution in [-0.4, -0.2) is 25.0 Å². The topological polar surface area (TPSA) is 32.3 Å². The Morgan fingerprint density at radius 3 is 2.94 bits per heavy atom. The van der Waals surface area contributed by atoms with Gasteiger partial charge in [0.15, 0.2) is 0 Å². The van der Waals surface area contributed by atoms with Crippen LogP contribution in [-0.2, 0) is 4.79 Å². The highest BCUT2D eigenvalue weighted by Gasteiger charge is 2.32. The van der Waals surface area contributed by atoms with Gasteiger partial charge in [0.05, 0.1) is 11.7 Å². The lowest BCUT2D eigenvalue weighted by Gasteiger charge is -2.19. The molecule has 1 aliphatic heterocycles. The average molecular weight is 362 g/mol. The second-order valence-corrected chi connectivity index (χ2v) is 5.75. The van der Waals surface area contributed by atoms with Crippen LogP contribution in [0.5, 0.6) is 0 Å². The van der Waals surface area contributed by atoms with Gasteiger partial charge in [-0.2, -0.15) is 0 Å². The Balaban J connectivity index is 2.24. The van der Waals surface area contributed by atoms with Crippen molar-refractivity contribution < 1.29 is 4.79 Å². The van der Waals surface area contributed by atoms with Gasteiger partial charge in [-0.3, -0.25) is 4.79 Å². The zero-order valence-corrected chi connectivity index (χ0v) is 12.7. The van der Waals surface area contributed by atoms with Gasteiger partial charge >= 0.3 is 0 Å². The van der Waals surface area contributed by atoms with Crippen molar-refractivity contribution >= 4 is 43.5 Å². The van der Waals surface area contributed by atoms with Crippen molar-refractivity contribution in [3.05, 3.63) is 27.1 Å². The van der Waals surface area contributed by atoms with E-state index in [1.54, 1.807) is 0 Å². The van der Waals surface area contributed by atoms with Gasteiger partial charge in [0, 0.05) is 15.5 Å². The van der Waals surface area contributed by atoms with Crippen LogP contribution in [0.15, 0.2) is 27.1 Å². The van der Waals surface area contributed by atoms with E-state index in [1.165, 1.54) is 0 Å². The van der Waals surface area contributed by atoms with Crippen LogP contribution in [0.1, 0.15) is 13.3 Å². The van der Waals surface area contributed by atoms with Gasteiger partial charge in [0.2, 0.25) is 5.91 Å². The molecule has 92 valence electrons. The highest BCUT2D eigenvalue weighted by molar-refractivity contribution is 9.11. The van der Waals surface area contributed by atoms with E-state index >= 15 is 0 Å². The Kier molecular flexibility index (Phi) is 4.22. The molecule has 0 radical (unpaired) electrons. The zero-order valence-electron chi connectivity index (χ0n) is 9.54. The number of nitrogens with zero attached hydrogens (tertiary/aromatic N) is 1. The predicted octanol–water partition coefficient (Wildman–Crippen LogP) is 2.93. The Hall–Kier alpha value is -0.390. The minimum Gasteiger partial charge on any atom is -0.310 e. The Morgan fingerprint density at radius 1 is 1.47 bits per heavy atom. The van der Waals surface area contributed by atoms with E-state index in [1.807, 2.05) is 30.0 Å². The highest BCUT2D eigenvalue weighted by atomic mass is 79.9. The van der Waals surface area contributed by atoms with E-state index in [-0.39, 0.29) is 11.9 Å². The molecule has 5 heteroatoms. The lowest BCUT2D eigenvalue weighted by molar-refractivity contribution is -0.118. The third-order valence-electron chi connectivity index (χ3n) is 2.86. The predicted molar refractivity (Wildman–Crippen MR) is 76.3 cm³/mol. The molecule has 1 unspecified atom stereocenters. The summed E-state index contributed by atoms with van der Waals surface area (Å²) in [5, 5.41) is 3.21. The van der Waals surface area contributed by atoms with Crippen molar-refractivity contribution in [1.82, 2.24) is 5.32 Å². The Bertz CT molecular complexity index is 437. The fraction of sp³-hybridized carbons (Fsp3) is 0.417. The van der Waals surface area contributed by atoms with E-state index in [0.717, 1.165) is 34.1 Å². The molecule has 0 saturated carbocycles. The maximum absolute atomic E-state index is 12.2. The number of anilines is 1. The third-order valence-corrected chi connectivity index (χ3v) is 4.02. The van der Waals surface area contributed by atoms with Crippen LogP contribution in [0.25, 0.3) is 0 Å². The smallest absolute Gasteiger partial charge is 0.244 e. The summed E-state index contributed by atoms with van der Waals surface area (Å²) in [6.07, 6.45) is 0.867. The van der Waals surface area contributed by atoms with E-state index in [4.69, 9.17) is 0 Å². The minimum absolute atomic E-state index is 0.0362. The van der Waals surface area contributed by atoms with E-state index in [2.05, 4.69) is 37.2 Å². The third kappa shape index (κ3) is 2.72. The fourth-order valence-electron chi connectivity index (χ4n) is 2.05. The van der Waals surface area contributed by atoms with Crippen molar-refractivity contribution in [2.24, 2.45) is 0 Å². The number of likely N-dealkylation sites (N-methyl/N-ethyl adjacent to an activating group) is 1. The Morgan fingerprint density at radius 2 is 2.24 bits per heavy atom. The van der Waals surface area contributed by atoms with Gasteiger partial charge in [0.1, 0.15) is 0 Å². The molecule has 1 heterocycles. The van der Waals surface area contributed by atoms with Crippen LogP contribution in [0.2, 0.25) is 0 Å². The molecule has 1 saturated heterocycles. The number of carbonyl (C=O) groups is 1. The number of rotatable bonds is 3. The molecular formula is C12H14Br2N2O. The van der Waals surface area contributed by atoms with Gasteiger partial charge in [-0.1, -0.05) is 22.9 Å². The summed E-state index contributed by atoms with van der Waals surface area (Å²) in [4.78, 5) is 14.0. The summed E-state index contributed by atoms with van der Waals surface area (Å²) in [6, 6.07) is 5.84. The first-order valence-electron chi connectivity index (χ1n) is 5.63. The molecule has 1 atom stereocenters. The van der Waals surface area contributed by atoms with Gasteiger partial charge < -0.3 is 10.2 Å². The van der Waals surface area contributed by atoms with E-state index < -0.39 is 0 Å². The highest BCUT2D eigenvalue weighted by Crippen LogP contribution is 2.32. The maximum atomic E-state index is 12.2. The molecule has 1 fully saturated rings. The summed E-state index contributed by atoms with van der Waals surface area (Å²) in [7, 11) is 0. The van der Waals surface area contributed by atoms with Gasteiger partial charge in [-0.05, 0) is 47.1 Å². The number of hydrogen-bond donors (Lipinski definition) is 1. The monoisotopic (exact) mass is 360 g/mol. The molecule has 17 heavy (non-hydrogen) atoms. The van der Waals surface area contributed by atoms with Gasteiger partial charge in [0.25, 0.3) is 0 Å². The first kappa shape index (κ1) is 13.1. The molecular weight excluding hydrogens is 348 g/mol. The van der Waals surface area contributed by atoms with Crippen molar-refractivity contribution in [2.45, 2.75) is 19.4 Å². The Labute approximate surface area is 118 Å². The van der Waals surface area contributed by atoms with Crippen LogP contribution in [0.3, 0.4) is 0 Å². The SMILES string of the molecule is CCNC1CCN(c2cc(Br)ccc2Br)C1=O. The molecule has 1 aromatic carbocycles. The molecule has 1 aromatic rings. The molecule has 0 aliphatic carbocycles. The first-order valence-corrected chi connectivity index (χ1v) is 7.22. The summed E-state index contributed by atoms with van der Waals surface area (Å²) in [5.41, 5.74) is 0.935. The molecule has 1 aliphatic rings. The molecule has 1 N–H and O–H groups in total. The van der Waals surface area contributed by atoms with Crippen molar-refractivity contribution in [2.75, 3.05) is 18.0 Å². The fourth-order valence-corrected chi connectivity index (χ4v) is 2.86. The number of benzene rings is 1. The second kappa shape index (κ2) is 5.50. The number of amides is 1.